The van der Waals surface area contributed by atoms with Crippen LogP contribution in [0.1, 0.15) is 36.8 Å². The predicted octanol–water partition coefficient (Wildman–Crippen LogP) is 5.28. The third-order valence-electron chi connectivity index (χ3n) is 8.43. The van der Waals surface area contributed by atoms with E-state index in [1.54, 1.807) is 0 Å². The number of amides is 1. The van der Waals surface area contributed by atoms with Crippen molar-refractivity contribution in [2.24, 2.45) is 5.92 Å². The van der Waals surface area contributed by atoms with Gasteiger partial charge in [-0.25, -0.2) is 4.98 Å². The van der Waals surface area contributed by atoms with Crippen molar-refractivity contribution in [2.45, 2.75) is 51.2 Å². The summed E-state index contributed by atoms with van der Waals surface area (Å²) in [6.45, 7) is 5.69. The number of nitrogens with one attached hydrogen (secondary N) is 1. The molecule has 0 saturated carbocycles. The summed E-state index contributed by atoms with van der Waals surface area (Å²) in [5.74, 6) is 1.37. The van der Waals surface area contributed by atoms with Crippen LogP contribution in [-0.4, -0.2) is 52.6 Å². The highest BCUT2D eigenvalue weighted by Crippen LogP contribution is 2.28. The van der Waals surface area contributed by atoms with Crippen LogP contribution >= 0.6 is 0 Å². The van der Waals surface area contributed by atoms with Crippen LogP contribution in [0.25, 0.3) is 11.0 Å². The van der Waals surface area contributed by atoms with E-state index in [2.05, 4.69) is 105 Å². The van der Waals surface area contributed by atoms with Gasteiger partial charge in [0, 0.05) is 51.2 Å². The fourth-order valence-electron chi connectivity index (χ4n) is 6.15. The van der Waals surface area contributed by atoms with Crippen molar-refractivity contribution in [3.8, 4) is 0 Å². The van der Waals surface area contributed by atoms with Crippen molar-refractivity contribution in [3.63, 3.8) is 0 Å². The van der Waals surface area contributed by atoms with Crippen molar-refractivity contribution >= 4 is 22.9 Å². The highest BCUT2D eigenvalue weighted by molar-refractivity contribution is 5.80. The van der Waals surface area contributed by atoms with Gasteiger partial charge in [-0.1, -0.05) is 72.8 Å². The Hall–Kier alpha value is -3.64. The molecular formula is C33H39N5O. The number of hydrogen-bond donors (Lipinski definition) is 1. The minimum absolute atomic E-state index is 0.0887. The van der Waals surface area contributed by atoms with E-state index in [1.807, 2.05) is 0 Å². The zero-order valence-corrected chi connectivity index (χ0v) is 22.7. The lowest BCUT2D eigenvalue weighted by atomic mass is 9.94. The number of piperidine rings is 2. The van der Waals surface area contributed by atoms with Crippen LogP contribution in [0.5, 0.6) is 0 Å². The quantitative estimate of drug-likeness (QED) is 0.343. The van der Waals surface area contributed by atoms with E-state index in [-0.39, 0.29) is 11.8 Å². The molecule has 4 aromatic rings. The number of rotatable bonds is 8. The minimum atomic E-state index is 0.0887. The second-order valence-corrected chi connectivity index (χ2v) is 11.1. The van der Waals surface area contributed by atoms with Crippen molar-refractivity contribution in [2.75, 3.05) is 31.1 Å². The molecule has 1 N–H and O–H groups in total. The number of likely N-dealkylation sites (tertiary alicyclic amines) is 1. The summed E-state index contributed by atoms with van der Waals surface area (Å²) in [5.41, 5.74) is 4.92. The predicted molar refractivity (Wildman–Crippen MR) is 158 cm³/mol. The lowest BCUT2D eigenvalue weighted by Gasteiger charge is -2.35. The Bertz CT molecular complexity index is 1350. The van der Waals surface area contributed by atoms with E-state index in [1.165, 1.54) is 16.6 Å². The van der Waals surface area contributed by atoms with Gasteiger partial charge >= 0.3 is 0 Å². The van der Waals surface area contributed by atoms with Gasteiger partial charge in [-0.3, -0.25) is 9.69 Å². The summed E-state index contributed by atoms with van der Waals surface area (Å²) in [6, 6.07) is 30.0. The van der Waals surface area contributed by atoms with Gasteiger partial charge in [0.15, 0.2) is 0 Å². The van der Waals surface area contributed by atoms with Gasteiger partial charge in [-0.15, -0.1) is 0 Å². The van der Waals surface area contributed by atoms with Crippen LogP contribution < -0.4 is 10.2 Å². The molecule has 1 amide bonds. The smallest absolute Gasteiger partial charge is 0.223 e. The van der Waals surface area contributed by atoms with Gasteiger partial charge in [0.2, 0.25) is 11.9 Å². The average molecular weight is 522 g/mol. The second kappa shape index (κ2) is 12.0. The number of imidazole rings is 1. The monoisotopic (exact) mass is 521 g/mol. The molecule has 202 valence electrons. The number of carbonyl (C=O) groups excluding carboxylic acids is 1. The summed E-state index contributed by atoms with van der Waals surface area (Å²) in [4.78, 5) is 23.1. The summed E-state index contributed by atoms with van der Waals surface area (Å²) in [6.07, 6.45) is 4.78. The fraction of sp³-hybridized carbons (Fsp3) is 0.394. The van der Waals surface area contributed by atoms with Crippen LogP contribution in [0.15, 0.2) is 84.9 Å². The first kappa shape index (κ1) is 25.6. The molecule has 1 aromatic heterocycles. The molecule has 0 spiro atoms. The number of fused-ring (bicyclic) bond motifs is 1. The zero-order valence-electron chi connectivity index (χ0n) is 22.7. The van der Waals surface area contributed by atoms with Gasteiger partial charge in [0.1, 0.15) is 0 Å². The maximum Gasteiger partial charge on any atom is 0.223 e. The molecule has 0 unspecified atom stereocenters. The number of benzene rings is 3. The van der Waals surface area contributed by atoms with E-state index in [4.69, 9.17) is 4.98 Å². The zero-order chi connectivity index (χ0) is 26.4. The summed E-state index contributed by atoms with van der Waals surface area (Å²) < 4.78 is 2.37. The Kier molecular flexibility index (Phi) is 7.91. The minimum Gasteiger partial charge on any atom is -0.353 e. The van der Waals surface area contributed by atoms with E-state index in [0.29, 0.717) is 6.04 Å². The van der Waals surface area contributed by atoms with Crippen LogP contribution in [0.2, 0.25) is 0 Å². The Morgan fingerprint density at radius 2 is 1.41 bits per heavy atom. The number of hydrogen-bond acceptors (Lipinski definition) is 4. The maximum absolute atomic E-state index is 13.2. The molecule has 0 radical (unpaired) electrons. The van der Waals surface area contributed by atoms with Crippen molar-refractivity contribution in [3.05, 3.63) is 96.1 Å². The molecule has 39 heavy (non-hydrogen) atoms. The molecule has 0 atom stereocenters. The number of nitrogens with zero attached hydrogens (tertiary/aromatic N) is 4. The van der Waals surface area contributed by atoms with E-state index in [0.717, 1.165) is 82.8 Å². The number of anilines is 1. The third-order valence-corrected chi connectivity index (χ3v) is 8.43. The lowest BCUT2D eigenvalue weighted by Crippen LogP contribution is -2.48. The molecule has 2 aliphatic heterocycles. The standard InChI is InChI=1S/C33H39N5O/c39-32(34-29-18-20-36(21-19-29)25-27-11-5-2-6-12-27)28-16-22-37(23-17-28)33-35-30-13-7-8-14-31(30)38(33)24-15-26-9-3-1-4-10-26/h1-14,28-29H,15-25H2,(H,34,39). The molecular weight excluding hydrogens is 482 g/mol. The molecule has 6 rings (SSSR count). The molecule has 0 bridgehead atoms. The average Bonchev–Trinajstić information content (AvgIpc) is 3.37. The Labute approximate surface area is 231 Å². The Morgan fingerprint density at radius 3 is 2.13 bits per heavy atom. The number of aromatic nitrogens is 2. The van der Waals surface area contributed by atoms with Crippen LogP contribution in [0.3, 0.4) is 0 Å². The Balaban J connectivity index is 1.03. The van der Waals surface area contributed by atoms with Gasteiger partial charge < -0.3 is 14.8 Å². The highest BCUT2D eigenvalue weighted by Gasteiger charge is 2.29. The third kappa shape index (κ3) is 6.17. The molecule has 3 heterocycles. The van der Waals surface area contributed by atoms with Crippen molar-refractivity contribution < 1.29 is 4.79 Å². The van der Waals surface area contributed by atoms with E-state index in [9.17, 15) is 4.79 Å². The first-order valence-corrected chi connectivity index (χ1v) is 14.5. The van der Waals surface area contributed by atoms with Gasteiger partial charge in [-0.2, -0.15) is 0 Å². The van der Waals surface area contributed by atoms with Crippen molar-refractivity contribution in [1.29, 1.82) is 0 Å². The van der Waals surface area contributed by atoms with Crippen molar-refractivity contribution in [1.82, 2.24) is 19.8 Å². The number of carbonyl (C=O) groups is 1. The fourth-order valence-corrected chi connectivity index (χ4v) is 6.15. The van der Waals surface area contributed by atoms with E-state index >= 15 is 0 Å². The lowest BCUT2D eigenvalue weighted by molar-refractivity contribution is -0.126. The first-order chi connectivity index (χ1) is 19.2. The van der Waals surface area contributed by atoms with Crippen LogP contribution in [0.4, 0.5) is 5.95 Å². The Morgan fingerprint density at radius 1 is 0.769 bits per heavy atom. The number of para-hydroxylation sites is 2. The topological polar surface area (TPSA) is 53.4 Å². The van der Waals surface area contributed by atoms with Crippen LogP contribution in [-0.2, 0) is 24.3 Å². The largest absolute Gasteiger partial charge is 0.353 e. The molecule has 2 saturated heterocycles. The highest BCUT2D eigenvalue weighted by atomic mass is 16.2. The summed E-state index contributed by atoms with van der Waals surface area (Å²) in [7, 11) is 0. The van der Waals surface area contributed by atoms with E-state index < -0.39 is 0 Å². The molecule has 2 aliphatic rings. The van der Waals surface area contributed by atoms with Crippen LogP contribution in [0, 0.1) is 5.92 Å². The maximum atomic E-state index is 13.2. The number of aryl methyl sites for hydroxylation is 2. The molecule has 0 aliphatic carbocycles. The summed E-state index contributed by atoms with van der Waals surface area (Å²) >= 11 is 0. The van der Waals surface area contributed by atoms with Gasteiger partial charge in [0.25, 0.3) is 0 Å². The first-order valence-electron chi connectivity index (χ1n) is 14.5. The summed E-state index contributed by atoms with van der Waals surface area (Å²) in [5, 5.41) is 3.39. The molecule has 2 fully saturated rings. The molecule has 3 aromatic carbocycles. The van der Waals surface area contributed by atoms with Gasteiger partial charge in [0.05, 0.1) is 11.0 Å². The molecule has 6 nitrogen and oxygen atoms in total. The van der Waals surface area contributed by atoms with Gasteiger partial charge in [-0.05, 0) is 55.4 Å². The molecule has 6 heteroatoms. The SMILES string of the molecule is O=C(NC1CCN(Cc2ccccc2)CC1)C1CCN(c2nc3ccccc3n2CCc2ccccc2)CC1. The normalized spacial score (nSPS) is 17.5. The second-order valence-electron chi connectivity index (χ2n) is 11.1.